The van der Waals surface area contributed by atoms with E-state index in [-0.39, 0.29) is 0 Å². The van der Waals surface area contributed by atoms with Gasteiger partial charge in [-0.3, -0.25) is 4.90 Å². The number of ether oxygens (including phenoxy) is 1. The fourth-order valence-electron chi connectivity index (χ4n) is 1.28. The topological polar surface area (TPSA) is 113 Å². The molecule has 15 heavy (non-hydrogen) atoms. The molecule has 7 nitrogen and oxygen atoms in total. The maximum absolute atomic E-state index is 9.10. The second-order valence-corrected chi connectivity index (χ2v) is 3.52. The molecule has 0 aromatic carbocycles. The zero-order valence-electron chi connectivity index (χ0n) is 8.13. The summed E-state index contributed by atoms with van der Waals surface area (Å²) >= 11 is 0. The third kappa shape index (κ3) is 3.46. The third-order valence-corrected chi connectivity index (χ3v) is 2.26. The molecule has 7 heteroatoms. The van der Waals surface area contributed by atoms with Crippen LogP contribution in [0.3, 0.4) is 0 Å². The van der Waals surface area contributed by atoms with Gasteiger partial charge in [-0.1, -0.05) is 0 Å². The first-order valence-electron chi connectivity index (χ1n) is 4.54. The van der Waals surface area contributed by atoms with Crippen molar-refractivity contribution in [3.63, 3.8) is 0 Å². The molecule has 0 spiro atoms. The summed E-state index contributed by atoms with van der Waals surface area (Å²) in [6, 6.07) is 1.13. The number of hydrogen-bond acceptors (Lipinski definition) is 5. The normalized spacial score (nSPS) is 21.9. The Labute approximate surface area is 86.4 Å². The summed E-state index contributed by atoms with van der Waals surface area (Å²) in [4.78, 5) is 20.6. The SMILES string of the molecule is NC1CN(C2COC2)C1.O=C(O)C(=O)O. The molecule has 0 aliphatic carbocycles. The van der Waals surface area contributed by atoms with Crippen molar-refractivity contribution in [1.82, 2.24) is 4.90 Å². The monoisotopic (exact) mass is 218 g/mol. The van der Waals surface area contributed by atoms with E-state index in [0.717, 1.165) is 26.3 Å². The van der Waals surface area contributed by atoms with Gasteiger partial charge in [-0.2, -0.15) is 0 Å². The Hall–Kier alpha value is -1.18. The highest BCUT2D eigenvalue weighted by molar-refractivity contribution is 6.27. The van der Waals surface area contributed by atoms with Crippen LogP contribution < -0.4 is 5.73 Å². The summed E-state index contributed by atoms with van der Waals surface area (Å²) < 4.78 is 5.04. The van der Waals surface area contributed by atoms with Gasteiger partial charge in [-0.25, -0.2) is 9.59 Å². The van der Waals surface area contributed by atoms with Gasteiger partial charge in [-0.15, -0.1) is 0 Å². The smallest absolute Gasteiger partial charge is 0.414 e. The molecular weight excluding hydrogens is 204 g/mol. The predicted octanol–water partition coefficient (Wildman–Crippen LogP) is -1.82. The molecule has 0 atom stereocenters. The highest BCUT2D eigenvalue weighted by Gasteiger charge is 2.33. The maximum atomic E-state index is 9.10. The van der Waals surface area contributed by atoms with Gasteiger partial charge in [0.25, 0.3) is 0 Å². The van der Waals surface area contributed by atoms with Crippen LogP contribution in [-0.4, -0.2) is 65.4 Å². The standard InChI is InChI=1S/C6H12N2O.C2H2O4/c7-5-1-8(2-5)6-3-9-4-6;3-1(4)2(5)6/h5-6H,1-4,7H2;(H,3,4)(H,5,6). The minimum Gasteiger partial charge on any atom is -0.473 e. The zero-order valence-corrected chi connectivity index (χ0v) is 8.13. The van der Waals surface area contributed by atoms with Gasteiger partial charge in [-0.05, 0) is 0 Å². The van der Waals surface area contributed by atoms with Gasteiger partial charge in [0.2, 0.25) is 0 Å². The van der Waals surface area contributed by atoms with Gasteiger partial charge in [0.1, 0.15) is 0 Å². The fraction of sp³-hybridized carbons (Fsp3) is 0.750. The second-order valence-electron chi connectivity index (χ2n) is 3.52. The van der Waals surface area contributed by atoms with E-state index >= 15 is 0 Å². The predicted molar refractivity (Wildman–Crippen MR) is 49.4 cm³/mol. The van der Waals surface area contributed by atoms with Crippen molar-refractivity contribution >= 4 is 11.9 Å². The van der Waals surface area contributed by atoms with Gasteiger partial charge < -0.3 is 20.7 Å². The van der Waals surface area contributed by atoms with E-state index in [9.17, 15) is 0 Å². The molecule has 2 saturated heterocycles. The first kappa shape index (κ1) is 11.9. The van der Waals surface area contributed by atoms with Crippen LogP contribution in [0.15, 0.2) is 0 Å². The average Bonchev–Trinajstić information content (AvgIpc) is 1.99. The van der Waals surface area contributed by atoms with Crippen molar-refractivity contribution in [1.29, 1.82) is 0 Å². The number of hydrogen-bond donors (Lipinski definition) is 3. The van der Waals surface area contributed by atoms with Gasteiger partial charge >= 0.3 is 11.9 Å². The lowest BCUT2D eigenvalue weighted by atomic mass is 10.1. The molecule has 0 radical (unpaired) electrons. The van der Waals surface area contributed by atoms with Crippen molar-refractivity contribution in [3.8, 4) is 0 Å². The van der Waals surface area contributed by atoms with Crippen molar-refractivity contribution in [2.45, 2.75) is 12.1 Å². The molecule has 4 N–H and O–H groups in total. The van der Waals surface area contributed by atoms with Gasteiger partial charge in [0.15, 0.2) is 0 Å². The van der Waals surface area contributed by atoms with Gasteiger partial charge in [0, 0.05) is 19.1 Å². The van der Waals surface area contributed by atoms with Crippen LogP contribution in [0.2, 0.25) is 0 Å². The van der Waals surface area contributed by atoms with E-state index in [0.29, 0.717) is 12.1 Å². The summed E-state index contributed by atoms with van der Waals surface area (Å²) in [7, 11) is 0. The number of carboxylic acids is 2. The number of rotatable bonds is 1. The Morgan fingerprint density at radius 3 is 1.87 bits per heavy atom. The Morgan fingerprint density at radius 1 is 1.20 bits per heavy atom. The molecule has 0 amide bonds. The number of nitrogens with zero attached hydrogens (tertiary/aromatic N) is 1. The Balaban J connectivity index is 0.000000167. The van der Waals surface area contributed by atoms with Crippen LogP contribution in [0.5, 0.6) is 0 Å². The summed E-state index contributed by atoms with van der Waals surface area (Å²) in [5, 5.41) is 14.8. The molecule has 2 aliphatic heterocycles. The minimum absolute atomic E-state index is 0.436. The molecule has 0 saturated carbocycles. The second kappa shape index (κ2) is 5.06. The average molecular weight is 218 g/mol. The lowest BCUT2D eigenvalue weighted by Crippen LogP contribution is -2.64. The quantitative estimate of drug-likeness (QED) is 0.444. The molecule has 2 rings (SSSR count). The van der Waals surface area contributed by atoms with Crippen molar-refractivity contribution in [2.24, 2.45) is 5.73 Å². The van der Waals surface area contributed by atoms with E-state index < -0.39 is 11.9 Å². The van der Waals surface area contributed by atoms with Crippen molar-refractivity contribution < 1.29 is 24.5 Å². The van der Waals surface area contributed by atoms with E-state index in [2.05, 4.69) is 4.90 Å². The third-order valence-electron chi connectivity index (χ3n) is 2.26. The molecule has 0 aromatic rings. The molecule has 2 fully saturated rings. The van der Waals surface area contributed by atoms with E-state index in [4.69, 9.17) is 30.3 Å². The Bertz CT molecular complexity index is 235. The van der Waals surface area contributed by atoms with Crippen molar-refractivity contribution in [2.75, 3.05) is 26.3 Å². The first-order chi connectivity index (χ1) is 7.00. The summed E-state index contributed by atoms with van der Waals surface area (Å²) in [5.74, 6) is -3.65. The molecule has 86 valence electrons. The fourth-order valence-corrected chi connectivity index (χ4v) is 1.28. The largest absolute Gasteiger partial charge is 0.473 e. The van der Waals surface area contributed by atoms with Crippen LogP contribution in [0.25, 0.3) is 0 Å². The zero-order chi connectivity index (χ0) is 11.4. The molecule has 0 bridgehead atoms. The first-order valence-corrected chi connectivity index (χ1v) is 4.54. The van der Waals surface area contributed by atoms with E-state index in [1.54, 1.807) is 0 Å². The summed E-state index contributed by atoms with van der Waals surface area (Å²) in [6.45, 7) is 4.00. The molecule has 0 unspecified atom stereocenters. The minimum atomic E-state index is -1.82. The van der Waals surface area contributed by atoms with Crippen LogP contribution in [0.4, 0.5) is 0 Å². The molecule has 2 heterocycles. The van der Waals surface area contributed by atoms with Crippen LogP contribution in [-0.2, 0) is 14.3 Å². The summed E-state index contributed by atoms with van der Waals surface area (Å²) in [5.41, 5.74) is 5.60. The van der Waals surface area contributed by atoms with Crippen LogP contribution in [0.1, 0.15) is 0 Å². The number of nitrogens with two attached hydrogens (primary N) is 1. The van der Waals surface area contributed by atoms with Crippen LogP contribution in [0, 0.1) is 0 Å². The number of aliphatic carboxylic acids is 2. The lowest BCUT2D eigenvalue weighted by molar-refractivity contribution is -0.159. The van der Waals surface area contributed by atoms with Crippen molar-refractivity contribution in [3.05, 3.63) is 0 Å². The summed E-state index contributed by atoms with van der Waals surface area (Å²) in [6.07, 6.45) is 0. The highest BCUT2D eigenvalue weighted by Crippen LogP contribution is 2.16. The molecule has 0 aromatic heterocycles. The number of carbonyl (C=O) groups is 2. The number of carboxylic acid groups (broad SMARTS) is 2. The number of likely N-dealkylation sites (tertiary alicyclic amines) is 1. The molecule has 2 aliphatic rings. The van der Waals surface area contributed by atoms with Gasteiger partial charge in [0.05, 0.1) is 19.3 Å². The molecular formula is C8H14N2O5. The van der Waals surface area contributed by atoms with Crippen LogP contribution >= 0.6 is 0 Å². The Morgan fingerprint density at radius 2 is 1.67 bits per heavy atom. The maximum Gasteiger partial charge on any atom is 0.414 e. The highest BCUT2D eigenvalue weighted by atomic mass is 16.5. The van der Waals surface area contributed by atoms with E-state index in [1.165, 1.54) is 0 Å². The lowest BCUT2D eigenvalue weighted by Gasteiger charge is -2.46. The Kier molecular flexibility index (Phi) is 4.01. The van der Waals surface area contributed by atoms with E-state index in [1.807, 2.05) is 0 Å².